The number of allylic oxidation sites excluding steroid dienone is 6. The van der Waals surface area contributed by atoms with Crippen molar-refractivity contribution in [3.63, 3.8) is 0 Å². The predicted molar refractivity (Wildman–Crippen MR) is 166 cm³/mol. The van der Waals surface area contributed by atoms with Crippen LogP contribution in [0.3, 0.4) is 0 Å². The monoisotopic (exact) mass is 616 g/mol. The van der Waals surface area contributed by atoms with Crippen LogP contribution in [0.25, 0.3) is 22.6 Å². The summed E-state index contributed by atoms with van der Waals surface area (Å²) in [7, 11) is 0. The number of hydrogen-bond donors (Lipinski definition) is 1. The van der Waals surface area contributed by atoms with E-state index in [1.807, 2.05) is 30.3 Å². The number of ketones is 2. The molecule has 3 aliphatic carbocycles. The van der Waals surface area contributed by atoms with E-state index in [1.54, 1.807) is 37.3 Å². The second kappa shape index (κ2) is 9.97. The van der Waals surface area contributed by atoms with Crippen LogP contribution in [0.4, 0.5) is 5.69 Å². The molecule has 2 amide bonds. The number of carbonyl (C=O) groups excluding carboxylic acids is 4. The van der Waals surface area contributed by atoms with Crippen molar-refractivity contribution in [3.8, 4) is 17.2 Å². The zero-order chi connectivity index (χ0) is 31.1. The lowest BCUT2D eigenvalue weighted by Crippen LogP contribution is -2.39. The van der Waals surface area contributed by atoms with Crippen LogP contribution in [-0.2, 0) is 19.2 Å². The molecule has 4 aromatic rings. The summed E-state index contributed by atoms with van der Waals surface area (Å²) in [6, 6.07) is 19.0. The van der Waals surface area contributed by atoms with Crippen molar-refractivity contribution >= 4 is 51.8 Å². The summed E-state index contributed by atoms with van der Waals surface area (Å²) >= 11 is 6.62. The van der Waals surface area contributed by atoms with Gasteiger partial charge >= 0.3 is 0 Å². The maximum Gasteiger partial charge on any atom is 0.238 e. The van der Waals surface area contributed by atoms with E-state index in [0.717, 1.165) is 11.1 Å². The van der Waals surface area contributed by atoms with Crippen LogP contribution >= 0.6 is 11.6 Å². The van der Waals surface area contributed by atoms with Crippen LogP contribution < -0.4 is 4.90 Å². The largest absolute Gasteiger partial charge is 0.508 e. The Morgan fingerprint density at radius 1 is 0.956 bits per heavy atom. The number of aromatic hydroxyl groups is 1. The number of phenolic OH excluding ortho intramolecular Hbond substituents is 1. The molecule has 1 fully saturated rings. The van der Waals surface area contributed by atoms with Crippen molar-refractivity contribution in [2.24, 2.45) is 17.8 Å². The first-order valence-electron chi connectivity index (χ1n) is 14.7. The Hall–Kier alpha value is -5.08. The number of fused-ring (bicyclic) bond motifs is 4. The highest BCUT2D eigenvalue weighted by Gasteiger charge is 2.56. The molecule has 2 heterocycles. The number of Topliss-reactive ketones (excluding diaryl/α,β-unsaturated/α-hetero) is 1. The number of oxazole rings is 1. The van der Waals surface area contributed by atoms with Gasteiger partial charge in [0.1, 0.15) is 11.3 Å². The highest BCUT2D eigenvalue weighted by molar-refractivity contribution is 6.32. The lowest BCUT2D eigenvalue weighted by molar-refractivity contribution is -0.123. The molecule has 0 spiro atoms. The normalized spacial score (nSPS) is 24.4. The molecule has 0 bridgehead atoms. The summed E-state index contributed by atoms with van der Waals surface area (Å²) < 4.78 is 5.88. The Morgan fingerprint density at radius 3 is 2.49 bits per heavy atom. The standard InChI is InChI=1S/C36H25ClN2O6/c1-17-14-28(41)32-25(33(17)42)16-24-21(30(32)22-11-10-20(40)15-26(22)37)12-13-23-31(24)36(44)39(35(23)43)19-8-6-18(7-9-19)34-38-27-4-2-3-5-29(27)45-34/h2-12,14-15,23-24,30-31,40H,13,16H2,1H3. The molecule has 4 aliphatic rings. The van der Waals surface area contributed by atoms with Crippen molar-refractivity contribution in [1.82, 2.24) is 4.98 Å². The summed E-state index contributed by atoms with van der Waals surface area (Å²) in [6.07, 6.45) is 3.78. The number of rotatable bonds is 3. The van der Waals surface area contributed by atoms with Gasteiger partial charge in [-0.25, -0.2) is 4.98 Å². The lowest BCUT2D eigenvalue weighted by atomic mass is 9.59. The van der Waals surface area contributed by atoms with Crippen LogP contribution in [0.5, 0.6) is 5.75 Å². The third-order valence-electron chi connectivity index (χ3n) is 9.52. The van der Waals surface area contributed by atoms with Gasteiger partial charge in [-0.05, 0) is 85.9 Å². The highest BCUT2D eigenvalue weighted by Crippen LogP contribution is 2.56. The van der Waals surface area contributed by atoms with E-state index in [2.05, 4.69) is 4.98 Å². The average Bonchev–Trinajstić information content (AvgIpc) is 3.58. The van der Waals surface area contributed by atoms with Crippen LogP contribution in [-0.4, -0.2) is 33.5 Å². The Balaban J connectivity index is 1.17. The topological polar surface area (TPSA) is 118 Å². The smallest absolute Gasteiger partial charge is 0.238 e. The molecule has 3 aromatic carbocycles. The number of phenols is 1. The van der Waals surface area contributed by atoms with Gasteiger partial charge in [0.25, 0.3) is 0 Å². The number of imide groups is 1. The number of hydrogen-bond acceptors (Lipinski definition) is 7. The molecule has 222 valence electrons. The molecule has 1 N–H and O–H groups in total. The second-order valence-electron chi connectivity index (χ2n) is 12.0. The molecular formula is C36H25ClN2O6. The van der Waals surface area contributed by atoms with E-state index in [-0.39, 0.29) is 40.6 Å². The average molecular weight is 617 g/mol. The Bertz CT molecular complexity index is 2070. The molecule has 9 heteroatoms. The van der Waals surface area contributed by atoms with E-state index < -0.39 is 23.7 Å². The van der Waals surface area contributed by atoms with Crippen molar-refractivity contribution < 1.29 is 28.7 Å². The molecule has 1 saturated heterocycles. The summed E-state index contributed by atoms with van der Waals surface area (Å²) in [5, 5.41) is 10.3. The zero-order valence-electron chi connectivity index (χ0n) is 24.0. The maximum atomic E-state index is 14.2. The van der Waals surface area contributed by atoms with Crippen LogP contribution in [0.1, 0.15) is 31.2 Å². The third-order valence-corrected chi connectivity index (χ3v) is 9.85. The minimum absolute atomic E-state index is 0.0286. The molecule has 4 unspecified atom stereocenters. The number of aromatic nitrogens is 1. The van der Waals surface area contributed by atoms with Crippen molar-refractivity contribution in [2.45, 2.75) is 25.7 Å². The summed E-state index contributed by atoms with van der Waals surface area (Å²) in [4.78, 5) is 60.7. The molecule has 45 heavy (non-hydrogen) atoms. The van der Waals surface area contributed by atoms with Gasteiger partial charge in [-0.3, -0.25) is 24.1 Å². The zero-order valence-corrected chi connectivity index (χ0v) is 24.7. The van der Waals surface area contributed by atoms with Crippen molar-refractivity contribution in [3.05, 3.63) is 112 Å². The Kier molecular flexibility index (Phi) is 6.09. The van der Waals surface area contributed by atoms with Gasteiger partial charge in [-0.1, -0.05) is 41.4 Å². The van der Waals surface area contributed by atoms with Crippen LogP contribution in [0.15, 0.2) is 106 Å². The molecule has 1 aromatic heterocycles. The minimum atomic E-state index is -0.712. The summed E-state index contributed by atoms with van der Waals surface area (Å²) in [5.74, 6) is -3.22. The number of halogens is 1. The SMILES string of the molecule is CC1=CC(=O)C2=C(CC3C(=CCC4C(=O)N(c5ccc(-c6nc7ccccc7o6)cc5)C(=O)C43)C2c2ccc(O)cc2Cl)C1=O. The number of carbonyl (C=O) groups is 4. The Labute approximate surface area is 262 Å². The number of amides is 2. The number of benzene rings is 3. The molecular weight excluding hydrogens is 592 g/mol. The molecule has 1 aliphatic heterocycles. The summed E-state index contributed by atoms with van der Waals surface area (Å²) in [6.45, 7) is 1.61. The number of nitrogens with zero attached hydrogens (tertiary/aromatic N) is 2. The fourth-order valence-corrected chi connectivity index (χ4v) is 7.77. The van der Waals surface area contributed by atoms with Crippen molar-refractivity contribution in [1.29, 1.82) is 0 Å². The molecule has 0 radical (unpaired) electrons. The number of anilines is 1. The first-order valence-corrected chi connectivity index (χ1v) is 15.1. The van der Waals surface area contributed by atoms with Gasteiger partial charge in [0.2, 0.25) is 17.7 Å². The predicted octanol–water partition coefficient (Wildman–Crippen LogP) is 6.49. The maximum absolute atomic E-state index is 14.2. The first-order chi connectivity index (χ1) is 21.7. The van der Waals surface area contributed by atoms with Gasteiger partial charge in [-0.15, -0.1) is 0 Å². The molecule has 0 saturated carbocycles. The van der Waals surface area contributed by atoms with Crippen molar-refractivity contribution in [2.75, 3.05) is 4.90 Å². The number of para-hydroxylation sites is 2. The van der Waals surface area contributed by atoms with E-state index in [1.165, 1.54) is 23.1 Å². The van der Waals surface area contributed by atoms with Crippen LogP contribution in [0.2, 0.25) is 5.02 Å². The fraction of sp³-hybridized carbons (Fsp3) is 0.194. The molecule has 4 atom stereocenters. The highest BCUT2D eigenvalue weighted by atomic mass is 35.5. The Morgan fingerprint density at radius 2 is 1.73 bits per heavy atom. The van der Waals surface area contributed by atoms with E-state index in [4.69, 9.17) is 16.0 Å². The van der Waals surface area contributed by atoms with E-state index in [0.29, 0.717) is 51.4 Å². The van der Waals surface area contributed by atoms with E-state index >= 15 is 0 Å². The fourth-order valence-electron chi connectivity index (χ4n) is 7.49. The second-order valence-corrected chi connectivity index (χ2v) is 12.4. The van der Waals surface area contributed by atoms with Gasteiger partial charge in [-0.2, -0.15) is 0 Å². The van der Waals surface area contributed by atoms with Gasteiger partial charge in [0.05, 0.1) is 17.5 Å². The minimum Gasteiger partial charge on any atom is -0.508 e. The third kappa shape index (κ3) is 4.09. The summed E-state index contributed by atoms with van der Waals surface area (Å²) in [5.41, 5.74) is 4.95. The first kappa shape index (κ1) is 27.5. The van der Waals surface area contributed by atoms with Crippen LogP contribution in [0, 0.1) is 17.8 Å². The molecule has 8 nitrogen and oxygen atoms in total. The van der Waals surface area contributed by atoms with Gasteiger partial charge < -0.3 is 9.52 Å². The van der Waals surface area contributed by atoms with Gasteiger partial charge in [0, 0.05) is 33.2 Å². The quantitative estimate of drug-likeness (QED) is 0.159. The van der Waals surface area contributed by atoms with Gasteiger partial charge in [0.15, 0.2) is 17.1 Å². The lowest BCUT2D eigenvalue weighted by Gasteiger charge is -2.42. The van der Waals surface area contributed by atoms with E-state index in [9.17, 15) is 24.3 Å². The molecule has 8 rings (SSSR count).